The van der Waals surface area contributed by atoms with E-state index in [9.17, 15) is 4.79 Å². The number of aromatic nitrogens is 1. The monoisotopic (exact) mass is 325 g/mol. The summed E-state index contributed by atoms with van der Waals surface area (Å²) < 4.78 is 5.38. The zero-order valence-electron chi connectivity index (χ0n) is 14.6. The fraction of sp³-hybridized carbons (Fsp3) is 0.316. The second kappa shape index (κ2) is 8.24. The van der Waals surface area contributed by atoms with E-state index in [0.717, 1.165) is 28.9 Å². The van der Waals surface area contributed by atoms with Gasteiger partial charge in [-0.2, -0.15) is 0 Å². The molecule has 1 heterocycles. The Bertz CT molecular complexity index is 727. The van der Waals surface area contributed by atoms with Gasteiger partial charge in [0.25, 0.3) is 0 Å². The molecule has 1 aromatic heterocycles. The summed E-state index contributed by atoms with van der Waals surface area (Å²) in [5, 5.41) is 0. The normalized spacial score (nSPS) is 10.8. The van der Waals surface area contributed by atoms with E-state index in [1.165, 1.54) is 0 Å². The number of ether oxygens (including phenoxy) is 1. The number of benzene rings is 1. The Balaban J connectivity index is 2.12. The molecular weight excluding hydrogens is 302 g/mol. The maximum Gasteiger partial charge on any atom is 0.338 e. The van der Waals surface area contributed by atoms with Crippen LogP contribution in [0.1, 0.15) is 34.0 Å². The van der Waals surface area contributed by atoms with Crippen molar-refractivity contribution < 1.29 is 9.53 Å². The van der Waals surface area contributed by atoms with Crippen molar-refractivity contribution in [1.82, 2.24) is 9.88 Å². The van der Waals surface area contributed by atoms with Gasteiger partial charge in [0, 0.05) is 31.5 Å². The molecule has 0 N–H and O–H groups in total. The van der Waals surface area contributed by atoms with Crippen molar-refractivity contribution >= 4 is 18.0 Å². The molecule has 2 aromatic rings. The van der Waals surface area contributed by atoms with Crippen LogP contribution < -0.4 is 0 Å². The highest BCUT2D eigenvalue weighted by Gasteiger charge is 2.14. The molecule has 2 rings (SSSR count). The molecule has 5 heteroatoms. The lowest BCUT2D eigenvalue weighted by Crippen LogP contribution is -2.14. The van der Waals surface area contributed by atoms with Crippen molar-refractivity contribution in [3.63, 3.8) is 0 Å². The van der Waals surface area contributed by atoms with Gasteiger partial charge in [-0.15, -0.1) is 0 Å². The van der Waals surface area contributed by atoms with Crippen LogP contribution in [0.2, 0.25) is 0 Å². The first-order valence-corrected chi connectivity index (χ1v) is 7.93. The Kier molecular flexibility index (Phi) is 6.07. The summed E-state index contributed by atoms with van der Waals surface area (Å²) in [4.78, 5) is 22.8. The van der Waals surface area contributed by atoms with Crippen molar-refractivity contribution in [2.24, 2.45) is 4.99 Å². The third kappa shape index (κ3) is 4.41. The van der Waals surface area contributed by atoms with Crippen molar-refractivity contribution in [1.29, 1.82) is 0 Å². The quantitative estimate of drug-likeness (QED) is 0.462. The first-order valence-electron chi connectivity index (χ1n) is 7.93. The Morgan fingerprint density at radius 2 is 2.08 bits per heavy atom. The van der Waals surface area contributed by atoms with Crippen LogP contribution >= 0.6 is 0 Å². The molecular formula is C19H23N3O2. The largest absolute Gasteiger partial charge is 0.457 e. The van der Waals surface area contributed by atoms with Crippen LogP contribution in [0.4, 0.5) is 5.69 Å². The number of carbonyl (C=O) groups excluding carboxylic acids is 1. The van der Waals surface area contributed by atoms with E-state index in [1.54, 1.807) is 24.8 Å². The number of esters is 1. The number of rotatable bonds is 6. The van der Waals surface area contributed by atoms with Crippen LogP contribution in [0.3, 0.4) is 0 Å². The Hall–Kier alpha value is -2.69. The van der Waals surface area contributed by atoms with E-state index in [4.69, 9.17) is 4.74 Å². The van der Waals surface area contributed by atoms with Crippen LogP contribution in [-0.4, -0.2) is 35.8 Å². The molecule has 0 aliphatic heterocycles. The van der Waals surface area contributed by atoms with Crippen molar-refractivity contribution in [3.8, 4) is 0 Å². The van der Waals surface area contributed by atoms with Gasteiger partial charge >= 0.3 is 5.97 Å². The lowest BCUT2D eigenvalue weighted by molar-refractivity contribution is 0.0471. The number of hydrogen-bond donors (Lipinski definition) is 0. The zero-order chi connectivity index (χ0) is 17.5. The molecule has 0 aliphatic rings. The maximum atomic E-state index is 12.3. The third-order valence-electron chi connectivity index (χ3n) is 3.96. The highest BCUT2D eigenvalue weighted by molar-refractivity contribution is 5.92. The molecule has 5 nitrogen and oxygen atoms in total. The molecule has 0 aliphatic carbocycles. The number of hydrogen-bond acceptors (Lipinski definition) is 4. The van der Waals surface area contributed by atoms with Gasteiger partial charge in [-0.05, 0) is 50.1 Å². The molecule has 1 aromatic carbocycles. The maximum absolute atomic E-state index is 12.3. The van der Waals surface area contributed by atoms with Gasteiger partial charge in [0.2, 0.25) is 0 Å². The molecule has 0 fully saturated rings. The number of pyridine rings is 1. The molecule has 0 saturated heterocycles. The van der Waals surface area contributed by atoms with Crippen LogP contribution in [0.25, 0.3) is 0 Å². The average molecular weight is 325 g/mol. The smallest absolute Gasteiger partial charge is 0.338 e. The van der Waals surface area contributed by atoms with Crippen LogP contribution in [0, 0.1) is 13.8 Å². The molecule has 0 spiro atoms. The summed E-state index contributed by atoms with van der Waals surface area (Å²) >= 11 is 0. The minimum atomic E-state index is -0.333. The average Bonchev–Trinajstić information content (AvgIpc) is 2.61. The van der Waals surface area contributed by atoms with E-state index in [-0.39, 0.29) is 12.6 Å². The summed E-state index contributed by atoms with van der Waals surface area (Å²) in [7, 11) is 1.97. The predicted octanol–water partition coefficient (Wildman–Crippen LogP) is 3.67. The lowest BCUT2D eigenvalue weighted by Gasteiger charge is -2.12. The fourth-order valence-electron chi connectivity index (χ4n) is 2.12. The molecule has 0 unspecified atom stereocenters. The summed E-state index contributed by atoms with van der Waals surface area (Å²) in [6.45, 7) is 7.04. The van der Waals surface area contributed by atoms with Gasteiger partial charge in [-0.3, -0.25) is 4.98 Å². The van der Waals surface area contributed by atoms with E-state index in [2.05, 4.69) is 16.9 Å². The molecule has 24 heavy (non-hydrogen) atoms. The van der Waals surface area contributed by atoms with Crippen LogP contribution in [0.5, 0.6) is 0 Å². The van der Waals surface area contributed by atoms with Gasteiger partial charge in [-0.1, -0.05) is 6.07 Å². The highest BCUT2D eigenvalue weighted by Crippen LogP contribution is 2.25. The van der Waals surface area contributed by atoms with E-state index in [0.29, 0.717) is 5.56 Å². The van der Waals surface area contributed by atoms with Crippen molar-refractivity contribution in [2.45, 2.75) is 27.4 Å². The predicted molar refractivity (Wildman–Crippen MR) is 95.7 cm³/mol. The minimum Gasteiger partial charge on any atom is -0.457 e. The second-order valence-electron chi connectivity index (χ2n) is 5.64. The summed E-state index contributed by atoms with van der Waals surface area (Å²) in [6.07, 6.45) is 5.17. The molecule has 0 bridgehead atoms. The Labute approximate surface area is 143 Å². The van der Waals surface area contributed by atoms with Crippen LogP contribution in [0.15, 0.2) is 41.7 Å². The van der Waals surface area contributed by atoms with Gasteiger partial charge in [-0.25, -0.2) is 9.79 Å². The Morgan fingerprint density at radius 1 is 1.29 bits per heavy atom. The van der Waals surface area contributed by atoms with Gasteiger partial charge < -0.3 is 9.64 Å². The van der Waals surface area contributed by atoms with Gasteiger partial charge in [0.15, 0.2) is 0 Å². The first kappa shape index (κ1) is 17.7. The molecule has 0 radical (unpaired) electrons. The fourth-order valence-corrected chi connectivity index (χ4v) is 2.12. The second-order valence-corrected chi connectivity index (χ2v) is 5.64. The van der Waals surface area contributed by atoms with Crippen molar-refractivity contribution in [2.75, 3.05) is 13.6 Å². The minimum absolute atomic E-state index is 0.215. The topological polar surface area (TPSA) is 54.8 Å². The zero-order valence-corrected chi connectivity index (χ0v) is 14.6. The van der Waals surface area contributed by atoms with E-state index >= 15 is 0 Å². The summed E-state index contributed by atoms with van der Waals surface area (Å²) in [5.41, 5.74) is 4.16. The van der Waals surface area contributed by atoms with Gasteiger partial charge in [0.1, 0.15) is 6.61 Å². The molecule has 0 amide bonds. The summed E-state index contributed by atoms with van der Waals surface area (Å²) in [6, 6.07) is 7.31. The number of aliphatic imine (C=N–C) groups is 1. The molecule has 0 atom stereocenters. The lowest BCUT2D eigenvalue weighted by atomic mass is 10.0. The first-order chi connectivity index (χ1) is 11.5. The van der Waals surface area contributed by atoms with E-state index < -0.39 is 0 Å². The number of carbonyl (C=O) groups is 1. The van der Waals surface area contributed by atoms with E-state index in [1.807, 2.05) is 44.0 Å². The highest BCUT2D eigenvalue weighted by atomic mass is 16.5. The number of nitrogens with zero attached hydrogens (tertiary/aromatic N) is 3. The molecule has 126 valence electrons. The van der Waals surface area contributed by atoms with Gasteiger partial charge in [0.05, 0.1) is 17.6 Å². The molecule has 0 saturated carbocycles. The van der Waals surface area contributed by atoms with Crippen LogP contribution in [-0.2, 0) is 11.3 Å². The standard InChI is InChI=1S/C19H23N3O2/c1-5-22(4)13-21-18-9-8-17(14(2)15(18)3)19(23)24-12-16-7-6-10-20-11-16/h6-11,13H,5,12H2,1-4H3. The Morgan fingerprint density at radius 3 is 2.75 bits per heavy atom. The third-order valence-corrected chi connectivity index (χ3v) is 3.96. The van der Waals surface area contributed by atoms with Crippen molar-refractivity contribution in [3.05, 3.63) is 58.9 Å². The summed E-state index contributed by atoms with van der Waals surface area (Å²) in [5.74, 6) is -0.333. The SMILES string of the molecule is CCN(C)C=Nc1ccc(C(=O)OCc2cccnc2)c(C)c1C.